The summed E-state index contributed by atoms with van der Waals surface area (Å²) in [6.45, 7) is 11.2. The number of hydrogen-bond donors (Lipinski definition) is 3. The number of aromatic nitrogens is 3. The number of aliphatic hydroxyl groups excluding tert-OH is 1. The quantitative estimate of drug-likeness (QED) is 0.523. The van der Waals surface area contributed by atoms with Crippen molar-refractivity contribution in [3.8, 4) is 5.75 Å². The highest BCUT2D eigenvalue weighted by atomic mass is 16.3. The topological polar surface area (TPSA) is 86.4 Å². The van der Waals surface area contributed by atoms with Gasteiger partial charge in [-0.25, -0.2) is 4.98 Å². The number of β-amino-alcohol motifs (C(OH)–C–C–N with tert-alkyl or cyclic N) is 1. The molecule has 1 atom stereocenters. The van der Waals surface area contributed by atoms with Crippen LogP contribution in [0.25, 0.3) is 11.0 Å². The highest BCUT2D eigenvalue weighted by molar-refractivity contribution is 5.82. The van der Waals surface area contributed by atoms with Gasteiger partial charge in [0.2, 0.25) is 5.95 Å². The zero-order valence-electron chi connectivity index (χ0n) is 19.5. The molecule has 2 aromatic heterocycles. The van der Waals surface area contributed by atoms with Crippen LogP contribution >= 0.6 is 0 Å². The summed E-state index contributed by atoms with van der Waals surface area (Å²) in [6, 6.07) is 10.0. The second-order valence-corrected chi connectivity index (χ2v) is 9.41. The molecule has 1 aliphatic rings. The lowest BCUT2D eigenvalue weighted by molar-refractivity contribution is 0.0669. The highest BCUT2D eigenvalue weighted by Gasteiger charge is 2.24. The van der Waals surface area contributed by atoms with Gasteiger partial charge in [0.25, 0.3) is 0 Å². The number of nitrogens with zero attached hydrogens (tertiary/aromatic N) is 4. The number of rotatable bonds is 7. The van der Waals surface area contributed by atoms with Crippen LogP contribution in [0, 0.1) is 19.8 Å². The van der Waals surface area contributed by atoms with Crippen LogP contribution in [-0.2, 0) is 6.54 Å². The molecule has 1 fully saturated rings. The molecule has 0 radical (unpaired) electrons. The second kappa shape index (κ2) is 9.46. The van der Waals surface area contributed by atoms with E-state index in [4.69, 9.17) is 4.98 Å². The fraction of sp³-hybridized carbons (Fsp3) is 0.520. The molecule has 7 nitrogen and oxygen atoms in total. The van der Waals surface area contributed by atoms with Crippen molar-refractivity contribution in [2.45, 2.75) is 59.2 Å². The number of aryl methyl sites for hydroxylation is 2. The fourth-order valence-corrected chi connectivity index (χ4v) is 4.34. The number of hydrogen-bond acceptors (Lipinski definition) is 6. The molecule has 1 saturated heterocycles. The van der Waals surface area contributed by atoms with Crippen molar-refractivity contribution in [2.75, 3.05) is 25.0 Å². The maximum absolute atomic E-state index is 10.4. The van der Waals surface area contributed by atoms with Crippen LogP contribution < -0.4 is 5.32 Å². The summed E-state index contributed by atoms with van der Waals surface area (Å²) in [4.78, 5) is 11.8. The van der Waals surface area contributed by atoms with E-state index in [9.17, 15) is 10.2 Å². The Morgan fingerprint density at radius 2 is 1.84 bits per heavy atom. The first-order valence-electron chi connectivity index (χ1n) is 11.6. The lowest BCUT2D eigenvalue weighted by Crippen LogP contribution is -2.43. The van der Waals surface area contributed by atoms with Gasteiger partial charge >= 0.3 is 0 Å². The summed E-state index contributed by atoms with van der Waals surface area (Å²) in [5.74, 6) is 1.30. The van der Waals surface area contributed by atoms with Gasteiger partial charge in [0.15, 0.2) is 0 Å². The van der Waals surface area contributed by atoms with Crippen molar-refractivity contribution in [3.05, 3.63) is 47.3 Å². The van der Waals surface area contributed by atoms with Crippen molar-refractivity contribution in [2.24, 2.45) is 5.92 Å². The minimum atomic E-state index is -0.277. The average Bonchev–Trinajstić information content (AvgIpc) is 3.10. The van der Waals surface area contributed by atoms with E-state index in [2.05, 4.69) is 52.7 Å². The van der Waals surface area contributed by atoms with Crippen LogP contribution in [0.5, 0.6) is 5.75 Å². The van der Waals surface area contributed by atoms with E-state index in [1.54, 1.807) is 6.07 Å². The van der Waals surface area contributed by atoms with Crippen LogP contribution in [0.3, 0.4) is 0 Å². The van der Waals surface area contributed by atoms with E-state index >= 15 is 0 Å². The predicted octanol–water partition coefficient (Wildman–Crippen LogP) is 3.70. The van der Waals surface area contributed by atoms with Crippen LogP contribution in [-0.4, -0.2) is 61.4 Å². The van der Waals surface area contributed by atoms with E-state index < -0.39 is 0 Å². The first kappa shape index (κ1) is 22.6. The van der Waals surface area contributed by atoms with Gasteiger partial charge in [-0.3, -0.25) is 4.98 Å². The summed E-state index contributed by atoms with van der Waals surface area (Å²) in [7, 11) is 0. The zero-order valence-corrected chi connectivity index (χ0v) is 19.5. The summed E-state index contributed by atoms with van der Waals surface area (Å²) in [5.41, 5.74) is 4.66. The molecule has 0 aliphatic carbocycles. The molecule has 0 amide bonds. The first-order chi connectivity index (χ1) is 15.3. The summed E-state index contributed by atoms with van der Waals surface area (Å²) in [5, 5.41) is 24.2. The number of piperidine rings is 1. The largest absolute Gasteiger partial charge is 0.506 e. The highest BCUT2D eigenvalue weighted by Crippen LogP contribution is 2.27. The minimum absolute atomic E-state index is 0.202. The van der Waals surface area contributed by atoms with Gasteiger partial charge in [-0.1, -0.05) is 26.0 Å². The Bertz CT molecular complexity index is 1070. The molecule has 3 aromatic rings. The Balaban J connectivity index is 1.55. The maximum atomic E-state index is 10.4. The number of imidazole rings is 1. The third kappa shape index (κ3) is 4.89. The summed E-state index contributed by atoms with van der Waals surface area (Å²) in [6.07, 6.45) is 1.73. The molecule has 1 unspecified atom stereocenters. The average molecular weight is 438 g/mol. The van der Waals surface area contributed by atoms with Crippen LogP contribution in [0.1, 0.15) is 43.6 Å². The van der Waals surface area contributed by atoms with Crippen LogP contribution in [0.15, 0.2) is 30.3 Å². The van der Waals surface area contributed by atoms with Gasteiger partial charge in [0, 0.05) is 31.4 Å². The lowest BCUT2D eigenvalue weighted by atomic mass is 10.0. The Labute approximate surface area is 190 Å². The molecule has 1 aromatic carbocycles. The molecular formula is C25H35N5O2. The van der Waals surface area contributed by atoms with Gasteiger partial charge in [0.05, 0.1) is 23.7 Å². The SMILES string of the molecule is Cc1ccc(O)c(Cn2c(NC3CCN(CC(O)C(C)C)CC3)nc3c(C)cccc32)n1. The Kier molecular flexibility index (Phi) is 6.67. The number of aromatic hydroxyl groups is 1. The number of fused-ring (bicyclic) bond motifs is 1. The van der Waals surface area contributed by atoms with Gasteiger partial charge in [-0.05, 0) is 56.4 Å². The molecule has 3 N–H and O–H groups in total. The van der Waals surface area contributed by atoms with E-state index in [1.807, 2.05) is 19.1 Å². The molecular weight excluding hydrogens is 402 g/mol. The molecule has 0 saturated carbocycles. The molecule has 0 spiro atoms. The Morgan fingerprint density at radius 1 is 1.09 bits per heavy atom. The number of pyridine rings is 1. The summed E-state index contributed by atoms with van der Waals surface area (Å²) >= 11 is 0. The molecule has 4 rings (SSSR count). The van der Waals surface area contributed by atoms with Gasteiger partial charge in [0.1, 0.15) is 11.4 Å². The van der Waals surface area contributed by atoms with Crippen molar-refractivity contribution >= 4 is 17.0 Å². The zero-order chi connectivity index (χ0) is 22.8. The Morgan fingerprint density at radius 3 is 2.56 bits per heavy atom. The number of benzene rings is 1. The Hall–Kier alpha value is -2.64. The van der Waals surface area contributed by atoms with E-state index in [-0.39, 0.29) is 17.8 Å². The molecule has 172 valence electrons. The van der Waals surface area contributed by atoms with Crippen molar-refractivity contribution in [3.63, 3.8) is 0 Å². The van der Waals surface area contributed by atoms with Gasteiger partial charge < -0.3 is 25.0 Å². The van der Waals surface area contributed by atoms with Crippen molar-refractivity contribution < 1.29 is 10.2 Å². The number of aliphatic hydroxyl groups is 1. The van der Waals surface area contributed by atoms with Gasteiger partial charge in [-0.15, -0.1) is 0 Å². The lowest BCUT2D eigenvalue weighted by Gasteiger charge is -2.34. The molecule has 1 aliphatic heterocycles. The number of para-hydroxylation sites is 1. The monoisotopic (exact) mass is 437 g/mol. The minimum Gasteiger partial charge on any atom is -0.506 e. The van der Waals surface area contributed by atoms with E-state index in [0.29, 0.717) is 18.3 Å². The molecule has 7 heteroatoms. The third-order valence-corrected chi connectivity index (χ3v) is 6.51. The van der Waals surface area contributed by atoms with E-state index in [1.165, 1.54) is 0 Å². The molecule has 0 bridgehead atoms. The predicted molar refractivity (Wildman–Crippen MR) is 128 cm³/mol. The molecule has 32 heavy (non-hydrogen) atoms. The molecule has 3 heterocycles. The van der Waals surface area contributed by atoms with Crippen LogP contribution in [0.2, 0.25) is 0 Å². The van der Waals surface area contributed by atoms with Crippen molar-refractivity contribution in [1.82, 2.24) is 19.4 Å². The fourth-order valence-electron chi connectivity index (χ4n) is 4.34. The van der Waals surface area contributed by atoms with Crippen molar-refractivity contribution in [1.29, 1.82) is 0 Å². The van der Waals surface area contributed by atoms with Crippen LogP contribution in [0.4, 0.5) is 5.95 Å². The number of likely N-dealkylation sites (tertiary alicyclic amines) is 1. The maximum Gasteiger partial charge on any atom is 0.204 e. The smallest absolute Gasteiger partial charge is 0.204 e. The summed E-state index contributed by atoms with van der Waals surface area (Å²) < 4.78 is 2.12. The van der Waals surface area contributed by atoms with Gasteiger partial charge in [-0.2, -0.15) is 0 Å². The second-order valence-electron chi connectivity index (χ2n) is 9.41. The number of nitrogens with one attached hydrogen (secondary N) is 1. The number of anilines is 1. The third-order valence-electron chi connectivity index (χ3n) is 6.51. The normalized spacial score (nSPS) is 16.7. The first-order valence-corrected chi connectivity index (χ1v) is 11.6. The van der Waals surface area contributed by atoms with E-state index in [0.717, 1.165) is 60.7 Å². The standard InChI is InChI=1S/C25H35N5O2/c1-16(2)23(32)15-29-12-10-19(11-13-29)27-25-28-24-17(3)6-5-7-21(24)30(25)14-20-22(31)9-8-18(4)26-20/h5-9,16,19,23,31-32H,10-15H2,1-4H3,(H,27,28).